The van der Waals surface area contributed by atoms with E-state index < -0.39 is 5.60 Å². The predicted octanol–water partition coefficient (Wildman–Crippen LogP) is 1.08. The maximum atomic E-state index is 12.1. The zero-order valence-electron chi connectivity index (χ0n) is 9.77. The smallest absolute Gasteiger partial charge is 0.249 e. The summed E-state index contributed by atoms with van der Waals surface area (Å²) in [5, 5.41) is 0. The number of amides is 1. The van der Waals surface area contributed by atoms with Crippen LogP contribution < -0.4 is 4.90 Å². The molecule has 1 aromatic rings. The fourth-order valence-corrected chi connectivity index (χ4v) is 2.00. The number of carbonyl (C=O) groups excluding carboxylic acids is 1. The van der Waals surface area contributed by atoms with Crippen molar-refractivity contribution in [2.24, 2.45) is 0 Å². The maximum Gasteiger partial charge on any atom is 0.249 e. The minimum absolute atomic E-state index is 0. The first kappa shape index (κ1) is 13.1. The van der Waals surface area contributed by atoms with E-state index in [1.165, 1.54) is 0 Å². The van der Waals surface area contributed by atoms with Crippen LogP contribution in [0.5, 0.6) is 0 Å². The summed E-state index contributed by atoms with van der Waals surface area (Å²) in [5.41, 5.74) is 0.468. The Morgan fingerprint density at radius 1 is 1.53 bits per heavy atom. The van der Waals surface area contributed by atoms with E-state index in [0.29, 0.717) is 19.0 Å². The molecular weight excluding hydrogens is 293 g/mol. The second-order valence-electron chi connectivity index (χ2n) is 4.39. The molecule has 3 rings (SSSR count). The van der Waals surface area contributed by atoms with E-state index in [9.17, 15) is 4.79 Å². The van der Waals surface area contributed by atoms with Gasteiger partial charge in [0.05, 0.1) is 6.61 Å². The standard InChI is InChI=1S/C12H13N2O2.Y/c1-9-2-3-10(13-8-9)14-6-7-16-12(4-5-12)11(14)15;/h3,8H,4-7H2,1H3;/q-1;. The van der Waals surface area contributed by atoms with Gasteiger partial charge in [-0.1, -0.05) is 13.1 Å². The summed E-state index contributed by atoms with van der Waals surface area (Å²) < 4.78 is 5.53. The van der Waals surface area contributed by atoms with Gasteiger partial charge in [0.2, 0.25) is 5.91 Å². The molecule has 1 saturated carbocycles. The Hall–Kier alpha value is -0.316. The molecule has 87 valence electrons. The normalized spacial score (nSPS) is 21.2. The summed E-state index contributed by atoms with van der Waals surface area (Å²) in [6.45, 7) is 3.12. The summed E-state index contributed by atoms with van der Waals surface area (Å²) in [5.74, 6) is 0.744. The van der Waals surface area contributed by atoms with Gasteiger partial charge in [0, 0.05) is 45.1 Å². The summed E-state index contributed by atoms with van der Waals surface area (Å²) in [4.78, 5) is 18.1. The second-order valence-corrected chi connectivity index (χ2v) is 4.39. The van der Waals surface area contributed by atoms with Crippen molar-refractivity contribution < 1.29 is 42.2 Å². The molecule has 0 bridgehead atoms. The van der Waals surface area contributed by atoms with Crippen molar-refractivity contribution >= 4 is 11.7 Å². The van der Waals surface area contributed by atoms with Crippen LogP contribution in [0.3, 0.4) is 0 Å². The van der Waals surface area contributed by atoms with Crippen molar-refractivity contribution in [1.82, 2.24) is 4.98 Å². The number of pyridine rings is 1. The first-order valence-electron chi connectivity index (χ1n) is 5.52. The van der Waals surface area contributed by atoms with E-state index >= 15 is 0 Å². The van der Waals surface area contributed by atoms with Crippen molar-refractivity contribution in [2.75, 3.05) is 18.1 Å². The molecule has 0 aromatic carbocycles. The maximum absolute atomic E-state index is 12.1. The van der Waals surface area contributed by atoms with E-state index in [4.69, 9.17) is 4.74 Å². The molecule has 4 nitrogen and oxygen atoms in total. The molecule has 2 heterocycles. The summed E-state index contributed by atoms with van der Waals surface area (Å²) in [7, 11) is 0. The monoisotopic (exact) mass is 306 g/mol. The first-order chi connectivity index (χ1) is 7.71. The Labute approximate surface area is 126 Å². The Balaban J connectivity index is 0.00000108. The van der Waals surface area contributed by atoms with Gasteiger partial charge in [-0.2, -0.15) is 6.07 Å². The molecule has 17 heavy (non-hydrogen) atoms. The van der Waals surface area contributed by atoms with Crippen molar-refractivity contribution in [2.45, 2.75) is 25.4 Å². The van der Waals surface area contributed by atoms with Crippen LogP contribution in [0.15, 0.2) is 12.3 Å². The molecule has 0 atom stereocenters. The van der Waals surface area contributed by atoms with Gasteiger partial charge in [0.25, 0.3) is 0 Å². The van der Waals surface area contributed by atoms with Crippen LogP contribution >= 0.6 is 0 Å². The molecule has 1 amide bonds. The zero-order chi connectivity index (χ0) is 11.2. The summed E-state index contributed by atoms with van der Waals surface area (Å²) >= 11 is 0. The van der Waals surface area contributed by atoms with Crippen molar-refractivity contribution in [3.63, 3.8) is 0 Å². The molecule has 1 spiro atoms. The fraction of sp³-hybridized carbons (Fsp3) is 0.500. The van der Waals surface area contributed by atoms with Gasteiger partial charge in [-0.25, -0.2) is 0 Å². The fourth-order valence-electron chi connectivity index (χ4n) is 2.00. The van der Waals surface area contributed by atoms with Gasteiger partial charge >= 0.3 is 0 Å². The van der Waals surface area contributed by atoms with Crippen LogP contribution in [0.1, 0.15) is 18.4 Å². The van der Waals surface area contributed by atoms with Gasteiger partial charge in [0.15, 0.2) is 0 Å². The Kier molecular flexibility index (Phi) is 3.67. The van der Waals surface area contributed by atoms with Crippen molar-refractivity contribution in [3.05, 3.63) is 23.9 Å². The van der Waals surface area contributed by atoms with Crippen LogP contribution in [0.4, 0.5) is 5.82 Å². The number of aromatic nitrogens is 1. The third kappa shape index (κ3) is 2.31. The molecular formula is C12H13N2O2Y-. The van der Waals surface area contributed by atoms with Crippen LogP contribution in [0.25, 0.3) is 0 Å². The molecule has 2 aliphatic rings. The van der Waals surface area contributed by atoms with E-state index in [1.807, 2.05) is 6.92 Å². The third-order valence-electron chi connectivity index (χ3n) is 3.13. The van der Waals surface area contributed by atoms with Crippen LogP contribution in [-0.2, 0) is 42.2 Å². The van der Waals surface area contributed by atoms with Crippen LogP contribution in [0.2, 0.25) is 0 Å². The SMILES string of the molecule is Cc1[c-]cc(N2CCOC3(CC3)C2=O)nc1.[Y]. The number of nitrogens with zero attached hydrogens (tertiary/aromatic N) is 2. The largest absolute Gasteiger partial charge is 0.367 e. The van der Waals surface area contributed by atoms with E-state index in [1.54, 1.807) is 17.2 Å². The number of rotatable bonds is 1. The molecule has 1 aliphatic heterocycles. The average molecular weight is 306 g/mol. The van der Waals surface area contributed by atoms with Crippen LogP contribution in [-0.4, -0.2) is 29.6 Å². The first-order valence-corrected chi connectivity index (χ1v) is 5.52. The van der Waals surface area contributed by atoms with Gasteiger partial charge in [-0.3, -0.25) is 4.79 Å². The summed E-state index contributed by atoms with van der Waals surface area (Å²) in [6.07, 6.45) is 3.42. The number of anilines is 1. The zero-order valence-corrected chi connectivity index (χ0v) is 12.6. The molecule has 1 aromatic heterocycles. The second kappa shape index (κ2) is 4.75. The topological polar surface area (TPSA) is 42.4 Å². The molecule has 1 saturated heterocycles. The minimum Gasteiger partial charge on any atom is -0.367 e. The number of hydrogen-bond donors (Lipinski definition) is 0. The van der Waals surface area contributed by atoms with Crippen LogP contribution in [0, 0.1) is 13.0 Å². The van der Waals surface area contributed by atoms with E-state index in [2.05, 4.69) is 11.1 Å². The third-order valence-corrected chi connectivity index (χ3v) is 3.13. The Morgan fingerprint density at radius 3 is 2.88 bits per heavy atom. The number of ether oxygens (including phenoxy) is 1. The molecule has 0 N–H and O–H groups in total. The van der Waals surface area contributed by atoms with E-state index in [-0.39, 0.29) is 38.6 Å². The number of hydrogen-bond acceptors (Lipinski definition) is 3. The molecule has 2 fully saturated rings. The minimum atomic E-state index is -0.509. The number of aryl methyl sites for hydroxylation is 1. The Bertz CT molecular complexity index is 429. The predicted molar refractivity (Wildman–Crippen MR) is 58.1 cm³/mol. The number of morpholine rings is 1. The quantitative estimate of drug-likeness (QED) is 0.729. The van der Waals surface area contributed by atoms with Gasteiger partial charge in [0.1, 0.15) is 5.60 Å². The molecule has 1 aliphatic carbocycles. The van der Waals surface area contributed by atoms with Crippen molar-refractivity contribution in [3.8, 4) is 0 Å². The average Bonchev–Trinajstić information content (AvgIpc) is 3.05. The molecule has 1 radical (unpaired) electrons. The van der Waals surface area contributed by atoms with Crippen molar-refractivity contribution in [1.29, 1.82) is 0 Å². The van der Waals surface area contributed by atoms with Gasteiger partial charge in [-0.15, -0.1) is 11.6 Å². The molecule has 5 heteroatoms. The Morgan fingerprint density at radius 2 is 2.29 bits per heavy atom. The number of carbonyl (C=O) groups is 1. The summed E-state index contributed by atoms with van der Waals surface area (Å²) in [6, 6.07) is 4.84. The molecule has 0 unspecified atom stereocenters. The van der Waals surface area contributed by atoms with Gasteiger partial charge in [-0.05, 0) is 12.8 Å². The van der Waals surface area contributed by atoms with Gasteiger partial charge < -0.3 is 14.6 Å². The van der Waals surface area contributed by atoms with E-state index in [0.717, 1.165) is 18.4 Å².